The summed E-state index contributed by atoms with van der Waals surface area (Å²) in [5.41, 5.74) is 2.27. The molecule has 0 saturated heterocycles. The van der Waals surface area contributed by atoms with E-state index in [2.05, 4.69) is 15.3 Å². The molecule has 0 aliphatic heterocycles. The van der Waals surface area contributed by atoms with Gasteiger partial charge in [-0.2, -0.15) is 0 Å². The molecule has 6 heteroatoms. The average molecular weight is 341 g/mol. The maximum Gasteiger partial charge on any atom is 0.267 e. The van der Waals surface area contributed by atoms with Crippen LogP contribution < -0.4 is 5.32 Å². The van der Waals surface area contributed by atoms with E-state index in [4.69, 9.17) is 0 Å². The van der Waals surface area contributed by atoms with Crippen molar-refractivity contribution in [3.63, 3.8) is 0 Å². The standard InChI is InChI=1S/C18H16FN3OS/c1-12-17(18(23)22-15-7-5-13(19)6-8-15)24-16(21-12)10-9-14-4-2-3-11-20-14/h2-8,11H,9-10H2,1H3,(H,22,23). The van der Waals surface area contributed by atoms with Gasteiger partial charge in [-0.1, -0.05) is 6.07 Å². The lowest BCUT2D eigenvalue weighted by Crippen LogP contribution is -2.11. The highest BCUT2D eigenvalue weighted by atomic mass is 32.1. The lowest BCUT2D eigenvalue weighted by Gasteiger charge is -2.03. The number of rotatable bonds is 5. The highest BCUT2D eigenvalue weighted by molar-refractivity contribution is 7.13. The van der Waals surface area contributed by atoms with Crippen molar-refractivity contribution in [2.24, 2.45) is 0 Å². The maximum atomic E-state index is 12.9. The number of nitrogens with zero attached hydrogens (tertiary/aromatic N) is 2. The van der Waals surface area contributed by atoms with Gasteiger partial charge in [0, 0.05) is 24.0 Å². The first-order valence-electron chi connectivity index (χ1n) is 7.55. The Hall–Kier alpha value is -2.60. The molecule has 3 rings (SSSR count). The Balaban J connectivity index is 1.66. The summed E-state index contributed by atoms with van der Waals surface area (Å²) in [7, 11) is 0. The monoisotopic (exact) mass is 341 g/mol. The zero-order valence-electron chi connectivity index (χ0n) is 13.1. The van der Waals surface area contributed by atoms with E-state index in [1.807, 2.05) is 25.1 Å². The van der Waals surface area contributed by atoms with E-state index in [1.54, 1.807) is 6.20 Å². The number of nitrogens with one attached hydrogen (secondary N) is 1. The maximum absolute atomic E-state index is 12.9. The molecule has 2 heterocycles. The molecule has 1 amide bonds. The zero-order chi connectivity index (χ0) is 16.9. The number of carbonyl (C=O) groups excluding carboxylic acids is 1. The second kappa shape index (κ2) is 7.31. The summed E-state index contributed by atoms with van der Waals surface area (Å²) in [6, 6.07) is 11.5. The van der Waals surface area contributed by atoms with Gasteiger partial charge in [0.2, 0.25) is 0 Å². The number of aromatic nitrogens is 2. The number of pyridine rings is 1. The van der Waals surface area contributed by atoms with Crippen molar-refractivity contribution in [2.75, 3.05) is 5.32 Å². The number of aryl methyl sites for hydroxylation is 3. The molecule has 0 aliphatic carbocycles. The van der Waals surface area contributed by atoms with Crippen LogP contribution >= 0.6 is 11.3 Å². The molecular formula is C18H16FN3OS. The molecule has 0 atom stereocenters. The van der Waals surface area contributed by atoms with Crippen molar-refractivity contribution < 1.29 is 9.18 Å². The van der Waals surface area contributed by atoms with Crippen LogP contribution in [0.2, 0.25) is 0 Å². The third-order valence-corrected chi connectivity index (χ3v) is 4.69. The van der Waals surface area contributed by atoms with Crippen LogP contribution in [0.5, 0.6) is 0 Å². The van der Waals surface area contributed by atoms with Crippen molar-refractivity contribution in [3.8, 4) is 0 Å². The molecule has 0 spiro atoms. The van der Waals surface area contributed by atoms with Crippen molar-refractivity contribution in [2.45, 2.75) is 19.8 Å². The van der Waals surface area contributed by atoms with Crippen LogP contribution in [0, 0.1) is 12.7 Å². The smallest absolute Gasteiger partial charge is 0.267 e. The molecule has 24 heavy (non-hydrogen) atoms. The average Bonchev–Trinajstić information content (AvgIpc) is 2.97. The van der Waals surface area contributed by atoms with Crippen LogP contribution in [0.25, 0.3) is 0 Å². The minimum absolute atomic E-state index is 0.222. The van der Waals surface area contributed by atoms with Crippen molar-refractivity contribution in [1.29, 1.82) is 0 Å². The normalized spacial score (nSPS) is 10.6. The number of hydrogen-bond donors (Lipinski definition) is 1. The molecule has 3 aromatic rings. The van der Waals surface area contributed by atoms with Crippen LogP contribution in [-0.4, -0.2) is 15.9 Å². The summed E-state index contributed by atoms with van der Waals surface area (Å²) in [6.07, 6.45) is 3.29. The first-order valence-corrected chi connectivity index (χ1v) is 8.36. The minimum atomic E-state index is -0.334. The van der Waals surface area contributed by atoms with E-state index in [-0.39, 0.29) is 11.7 Å². The predicted octanol–water partition coefficient (Wildman–Crippen LogP) is 4.02. The summed E-state index contributed by atoms with van der Waals surface area (Å²) in [4.78, 5) is 21.7. The summed E-state index contributed by atoms with van der Waals surface area (Å²) >= 11 is 1.38. The SMILES string of the molecule is Cc1nc(CCc2ccccn2)sc1C(=O)Nc1ccc(F)cc1. The van der Waals surface area contributed by atoms with Crippen LogP contribution in [-0.2, 0) is 12.8 Å². The number of hydrogen-bond acceptors (Lipinski definition) is 4. The topological polar surface area (TPSA) is 54.9 Å². The molecule has 0 aliphatic rings. The number of amides is 1. The van der Waals surface area contributed by atoms with Gasteiger partial charge in [-0.25, -0.2) is 9.37 Å². The largest absolute Gasteiger partial charge is 0.321 e. The Bertz CT molecular complexity index is 831. The first kappa shape index (κ1) is 16.3. The highest BCUT2D eigenvalue weighted by Crippen LogP contribution is 2.21. The third kappa shape index (κ3) is 4.02. The molecule has 0 unspecified atom stereocenters. The fourth-order valence-electron chi connectivity index (χ4n) is 2.27. The molecule has 0 bridgehead atoms. The summed E-state index contributed by atoms with van der Waals surface area (Å²) in [5, 5.41) is 3.67. The van der Waals surface area contributed by atoms with E-state index >= 15 is 0 Å². The number of thiazole rings is 1. The van der Waals surface area contributed by atoms with Gasteiger partial charge in [0.05, 0.1) is 10.7 Å². The van der Waals surface area contributed by atoms with Crippen molar-refractivity contribution in [3.05, 3.63) is 75.8 Å². The van der Waals surface area contributed by atoms with Gasteiger partial charge in [0.1, 0.15) is 10.7 Å². The molecule has 1 N–H and O–H groups in total. The Morgan fingerprint density at radius 1 is 1.17 bits per heavy atom. The van der Waals surface area contributed by atoms with E-state index in [0.717, 1.165) is 23.5 Å². The van der Waals surface area contributed by atoms with E-state index in [1.165, 1.54) is 35.6 Å². The quantitative estimate of drug-likeness (QED) is 0.762. The van der Waals surface area contributed by atoms with Gasteiger partial charge in [0.15, 0.2) is 0 Å². The molecule has 0 fully saturated rings. The van der Waals surface area contributed by atoms with Gasteiger partial charge in [-0.15, -0.1) is 11.3 Å². The van der Waals surface area contributed by atoms with Gasteiger partial charge in [0.25, 0.3) is 5.91 Å². The van der Waals surface area contributed by atoms with Crippen LogP contribution in [0.15, 0.2) is 48.7 Å². The Morgan fingerprint density at radius 2 is 1.96 bits per heavy atom. The van der Waals surface area contributed by atoms with Crippen molar-refractivity contribution >= 4 is 22.9 Å². The lowest BCUT2D eigenvalue weighted by atomic mass is 10.2. The Morgan fingerprint density at radius 3 is 2.67 bits per heavy atom. The van der Waals surface area contributed by atoms with Crippen LogP contribution in [0.1, 0.15) is 26.1 Å². The Labute approximate surface area is 143 Å². The predicted molar refractivity (Wildman–Crippen MR) is 92.8 cm³/mol. The van der Waals surface area contributed by atoms with Crippen LogP contribution in [0.4, 0.5) is 10.1 Å². The zero-order valence-corrected chi connectivity index (χ0v) is 13.9. The first-order chi connectivity index (χ1) is 11.6. The fourth-order valence-corrected chi connectivity index (χ4v) is 3.23. The van der Waals surface area contributed by atoms with E-state index in [9.17, 15) is 9.18 Å². The molecule has 1 aromatic carbocycles. The molecule has 4 nitrogen and oxygen atoms in total. The van der Waals surface area contributed by atoms with Crippen LogP contribution in [0.3, 0.4) is 0 Å². The van der Waals surface area contributed by atoms with Gasteiger partial charge >= 0.3 is 0 Å². The summed E-state index contributed by atoms with van der Waals surface area (Å²) < 4.78 is 12.9. The van der Waals surface area contributed by atoms with Crippen molar-refractivity contribution in [1.82, 2.24) is 9.97 Å². The molecule has 0 radical (unpaired) electrons. The van der Waals surface area contributed by atoms with Gasteiger partial charge in [-0.05, 0) is 49.7 Å². The molecule has 0 saturated carbocycles. The fraction of sp³-hybridized carbons (Fsp3) is 0.167. The number of halogens is 1. The van der Waals surface area contributed by atoms with E-state index < -0.39 is 0 Å². The second-order valence-electron chi connectivity index (χ2n) is 5.30. The molecule has 122 valence electrons. The second-order valence-corrected chi connectivity index (χ2v) is 6.39. The molecule has 2 aromatic heterocycles. The highest BCUT2D eigenvalue weighted by Gasteiger charge is 2.15. The summed E-state index contributed by atoms with van der Waals surface area (Å²) in [6.45, 7) is 1.82. The third-order valence-electron chi connectivity index (χ3n) is 3.47. The Kier molecular flexibility index (Phi) is 4.96. The van der Waals surface area contributed by atoms with Gasteiger partial charge < -0.3 is 5.32 Å². The number of anilines is 1. The minimum Gasteiger partial charge on any atom is -0.321 e. The number of benzene rings is 1. The van der Waals surface area contributed by atoms with E-state index in [0.29, 0.717) is 16.3 Å². The summed E-state index contributed by atoms with van der Waals surface area (Å²) in [5.74, 6) is -0.556. The lowest BCUT2D eigenvalue weighted by molar-refractivity contribution is 0.103. The number of carbonyl (C=O) groups is 1. The van der Waals surface area contributed by atoms with Gasteiger partial charge in [-0.3, -0.25) is 9.78 Å². The molecular weight excluding hydrogens is 325 g/mol.